The lowest BCUT2D eigenvalue weighted by atomic mass is 10.1. The van der Waals surface area contributed by atoms with Gasteiger partial charge in [0.25, 0.3) is 11.8 Å². The van der Waals surface area contributed by atoms with Crippen LogP contribution in [0.5, 0.6) is 11.5 Å². The van der Waals surface area contributed by atoms with Gasteiger partial charge in [-0.15, -0.1) is 0 Å². The van der Waals surface area contributed by atoms with Crippen molar-refractivity contribution in [1.82, 2.24) is 10.2 Å². The van der Waals surface area contributed by atoms with Crippen LogP contribution >= 0.6 is 15.9 Å². The lowest BCUT2D eigenvalue weighted by Gasteiger charge is -2.25. The number of ether oxygens (including phenoxy) is 2. The minimum Gasteiger partial charge on any atom is -0.490 e. The van der Waals surface area contributed by atoms with E-state index in [9.17, 15) is 19.6 Å². The number of carbonyl (C=O) groups is 3. The maximum atomic E-state index is 13.0. The fourth-order valence-electron chi connectivity index (χ4n) is 3.50. The van der Waals surface area contributed by atoms with Gasteiger partial charge >= 0.3 is 6.03 Å². The van der Waals surface area contributed by atoms with Crippen LogP contribution in [0.1, 0.15) is 29.4 Å². The lowest BCUT2D eigenvalue weighted by molar-refractivity contribution is -0.130. The molecule has 0 radical (unpaired) electrons. The van der Waals surface area contributed by atoms with Crippen LogP contribution in [0.2, 0.25) is 0 Å². The van der Waals surface area contributed by atoms with Crippen molar-refractivity contribution in [2.24, 2.45) is 0 Å². The van der Waals surface area contributed by atoms with Gasteiger partial charge in [-0.2, -0.15) is 5.26 Å². The molecular formula is C26H20BrN3O6. The second kappa shape index (κ2) is 10.9. The van der Waals surface area contributed by atoms with Crippen LogP contribution < -0.4 is 14.8 Å². The number of nitriles is 1. The van der Waals surface area contributed by atoms with E-state index in [0.29, 0.717) is 39.5 Å². The number of imide groups is 2. The molecule has 2 heterocycles. The molecule has 4 rings (SSSR count). The summed E-state index contributed by atoms with van der Waals surface area (Å²) in [5.74, 6) is -0.370. The number of furan rings is 1. The molecule has 36 heavy (non-hydrogen) atoms. The Balaban J connectivity index is 1.63. The Morgan fingerprint density at radius 3 is 2.61 bits per heavy atom. The largest absolute Gasteiger partial charge is 0.490 e. The zero-order chi connectivity index (χ0) is 25.7. The predicted octanol–water partition coefficient (Wildman–Crippen LogP) is 4.55. The van der Waals surface area contributed by atoms with Crippen molar-refractivity contribution in [2.75, 3.05) is 6.61 Å². The second-order valence-corrected chi connectivity index (χ2v) is 8.45. The van der Waals surface area contributed by atoms with Gasteiger partial charge in [0.05, 0.1) is 31.0 Å². The highest BCUT2D eigenvalue weighted by atomic mass is 79.9. The van der Waals surface area contributed by atoms with Gasteiger partial charge in [-0.1, -0.05) is 34.1 Å². The van der Waals surface area contributed by atoms with Crippen molar-refractivity contribution in [3.8, 4) is 17.6 Å². The maximum Gasteiger partial charge on any atom is 0.331 e. The number of carbonyl (C=O) groups excluding carboxylic acids is 3. The molecule has 10 heteroatoms. The molecule has 4 amide bonds. The Labute approximate surface area is 215 Å². The number of amides is 4. The van der Waals surface area contributed by atoms with Crippen LogP contribution in [0.15, 0.2) is 69.3 Å². The molecule has 0 atom stereocenters. The number of urea groups is 1. The molecule has 9 nitrogen and oxygen atoms in total. The number of hydrogen-bond donors (Lipinski definition) is 1. The van der Waals surface area contributed by atoms with E-state index in [1.54, 1.807) is 42.5 Å². The number of hydrogen-bond acceptors (Lipinski definition) is 7. The zero-order valence-electron chi connectivity index (χ0n) is 19.1. The molecule has 0 bridgehead atoms. The van der Waals surface area contributed by atoms with E-state index < -0.39 is 17.8 Å². The fraction of sp³-hybridized carbons (Fsp3) is 0.154. The molecule has 0 unspecified atom stereocenters. The van der Waals surface area contributed by atoms with Gasteiger partial charge in [0.1, 0.15) is 17.9 Å². The molecule has 1 aliphatic rings. The highest BCUT2D eigenvalue weighted by Gasteiger charge is 2.36. The molecule has 1 aromatic heterocycles. The normalized spacial score (nSPS) is 14.5. The van der Waals surface area contributed by atoms with Crippen LogP contribution in [-0.4, -0.2) is 29.4 Å². The van der Waals surface area contributed by atoms with Crippen LogP contribution in [0.3, 0.4) is 0 Å². The topological polar surface area (TPSA) is 122 Å². The van der Waals surface area contributed by atoms with Gasteiger partial charge in [0.2, 0.25) is 0 Å². The second-order valence-electron chi connectivity index (χ2n) is 7.60. The molecule has 2 aromatic carbocycles. The van der Waals surface area contributed by atoms with Crippen molar-refractivity contribution >= 4 is 39.9 Å². The quantitative estimate of drug-likeness (QED) is 0.323. The van der Waals surface area contributed by atoms with Crippen LogP contribution in [0.25, 0.3) is 6.08 Å². The molecule has 1 aliphatic heterocycles. The molecule has 1 saturated heterocycles. The summed E-state index contributed by atoms with van der Waals surface area (Å²) in [4.78, 5) is 38.7. The zero-order valence-corrected chi connectivity index (χ0v) is 20.7. The predicted molar refractivity (Wildman–Crippen MR) is 132 cm³/mol. The number of nitrogens with one attached hydrogen (secondary N) is 1. The fourth-order valence-corrected chi connectivity index (χ4v) is 3.94. The van der Waals surface area contributed by atoms with Gasteiger partial charge in [-0.05, 0) is 48.9 Å². The summed E-state index contributed by atoms with van der Waals surface area (Å²) in [5, 5.41) is 11.5. The van der Waals surface area contributed by atoms with Crippen molar-refractivity contribution in [1.29, 1.82) is 5.26 Å². The minimum atomic E-state index is -0.825. The third kappa shape index (κ3) is 5.31. The lowest BCUT2D eigenvalue weighted by Crippen LogP contribution is -2.53. The first kappa shape index (κ1) is 24.8. The van der Waals surface area contributed by atoms with Crippen molar-refractivity contribution < 1.29 is 28.3 Å². The van der Waals surface area contributed by atoms with E-state index in [4.69, 9.17) is 13.9 Å². The highest BCUT2D eigenvalue weighted by Crippen LogP contribution is 2.36. The summed E-state index contributed by atoms with van der Waals surface area (Å²) in [7, 11) is 0. The first-order chi connectivity index (χ1) is 17.4. The average Bonchev–Trinajstić information content (AvgIpc) is 3.38. The molecule has 0 spiro atoms. The average molecular weight is 550 g/mol. The van der Waals surface area contributed by atoms with Gasteiger partial charge in [-0.3, -0.25) is 19.8 Å². The third-order valence-corrected chi connectivity index (χ3v) is 5.95. The van der Waals surface area contributed by atoms with Gasteiger partial charge in [0, 0.05) is 10.0 Å². The minimum absolute atomic E-state index is 0.120. The maximum absolute atomic E-state index is 13.0. The van der Waals surface area contributed by atoms with E-state index in [-0.39, 0.29) is 18.7 Å². The Bertz CT molecular complexity index is 1390. The van der Waals surface area contributed by atoms with Crippen LogP contribution in [0, 0.1) is 11.3 Å². The van der Waals surface area contributed by atoms with Gasteiger partial charge in [0.15, 0.2) is 11.5 Å². The molecule has 0 aliphatic carbocycles. The summed E-state index contributed by atoms with van der Waals surface area (Å²) in [5.41, 5.74) is 1.47. The van der Waals surface area contributed by atoms with E-state index in [1.165, 1.54) is 12.3 Å². The molecule has 1 fully saturated rings. The highest BCUT2D eigenvalue weighted by molar-refractivity contribution is 9.10. The molecule has 3 aromatic rings. The van der Waals surface area contributed by atoms with E-state index in [1.807, 2.05) is 13.0 Å². The number of nitrogens with zero attached hydrogens (tertiary/aromatic N) is 2. The van der Waals surface area contributed by atoms with E-state index >= 15 is 0 Å². The Kier molecular flexibility index (Phi) is 7.51. The molecule has 0 saturated carbocycles. The third-order valence-electron chi connectivity index (χ3n) is 5.26. The van der Waals surface area contributed by atoms with Gasteiger partial charge in [-0.25, -0.2) is 4.79 Å². The summed E-state index contributed by atoms with van der Waals surface area (Å²) in [6, 6.07) is 15.0. The van der Waals surface area contributed by atoms with Crippen molar-refractivity contribution in [3.05, 3.63) is 87.3 Å². The Hall–Kier alpha value is -4.36. The SMILES string of the molecule is CCOc1cc(/C=C2\C(=O)NC(=O)N(Cc3ccco3)C2=O)c(Br)cc1OCc1ccccc1C#N. The first-order valence-electron chi connectivity index (χ1n) is 10.9. The van der Waals surface area contributed by atoms with Crippen molar-refractivity contribution in [3.63, 3.8) is 0 Å². The number of halogens is 1. The molecule has 1 N–H and O–H groups in total. The number of benzene rings is 2. The van der Waals surface area contributed by atoms with Crippen LogP contribution in [-0.2, 0) is 22.7 Å². The standard InChI is InChI=1S/C26H20BrN3O6/c1-2-34-22-11-18(21(27)12-23(22)36-15-17-7-4-3-6-16(17)13-28)10-20-24(31)29-26(33)30(25(20)32)14-19-8-5-9-35-19/h3-12H,2,14-15H2,1H3,(H,29,31,33)/b20-10+. The summed E-state index contributed by atoms with van der Waals surface area (Å²) < 4.78 is 17.4. The molecular weight excluding hydrogens is 530 g/mol. The summed E-state index contributed by atoms with van der Waals surface area (Å²) >= 11 is 3.46. The van der Waals surface area contributed by atoms with Gasteiger partial charge < -0.3 is 13.9 Å². The monoisotopic (exact) mass is 549 g/mol. The summed E-state index contributed by atoms with van der Waals surface area (Å²) in [6.07, 6.45) is 2.80. The van der Waals surface area contributed by atoms with Crippen molar-refractivity contribution in [2.45, 2.75) is 20.1 Å². The Morgan fingerprint density at radius 2 is 1.89 bits per heavy atom. The number of rotatable bonds is 8. The molecule has 182 valence electrons. The van der Waals surface area contributed by atoms with Crippen LogP contribution in [0.4, 0.5) is 4.79 Å². The smallest absolute Gasteiger partial charge is 0.331 e. The first-order valence-corrected chi connectivity index (χ1v) is 11.7. The Morgan fingerprint density at radius 1 is 1.11 bits per heavy atom. The number of barbiturate groups is 1. The summed E-state index contributed by atoms with van der Waals surface area (Å²) in [6.45, 7) is 2.17. The van der Waals surface area contributed by atoms with E-state index in [2.05, 4.69) is 27.3 Å². The van der Waals surface area contributed by atoms with E-state index in [0.717, 1.165) is 10.5 Å².